The number of ether oxygens (including phenoxy) is 4. The van der Waals surface area contributed by atoms with E-state index in [1.165, 1.54) is 30.3 Å². The van der Waals surface area contributed by atoms with E-state index in [2.05, 4.69) is 26.3 Å². The first-order chi connectivity index (χ1) is 31.9. The average molecular weight is 917 g/mol. The summed E-state index contributed by atoms with van der Waals surface area (Å²) in [5.41, 5.74) is 2.07. The number of para-hydroxylation sites is 1. The number of carbonyl (C=O) groups is 4. The fourth-order valence-corrected chi connectivity index (χ4v) is 7.25. The number of nitro groups is 1. The predicted molar refractivity (Wildman–Crippen MR) is 257 cm³/mol. The second-order valence-electron chi connectivity index (χ2n) is 18.4. The molecule has 1 aliphatic carbocycles. The van der Waals surface area contributed by atoms with Crippen molar-refractivity contribution in [1.29, 1.82) is 0 Å². The molecule has 4 aromatic carbocycles. The van der Waals surface area contributed by atoms with E-state index in [0.717, 1.165) is 10.9 Å². The number of fused-ring (bicyclic) bond motifs is 1. The Balaban J connectivity index is 1.10. The fourth-order valence-electron chi connectivity index (χ4n) is 7.25. The van der Waals surface area contributed by atoms with Gasteiger partial charge in [0.2, 0.25) is 5.91 Å². The molecule has 6 rings (SSSR count). The van der Waals surface area contributed by atoms with Crippen LogP contribution in [0.5, 0.6) is 17.2 Å². The second-order valence-corrected chi connectivity index (χ2v) is 18.4. The maximum atomic E-state index is 13.8. The van der Waals surface area contributed by atoms with Gasteiger partial charge in [-0.15, -0.1) is 0 Å². The van der Waals surface area contributed by atoms with Crippen molar-refractivity contribution < 1.29 is 43.0 Å². The number of carbonyl (C=O) groups excluding carboxylic acids is 4. The summed E-state index contributed by atoms with van der Waals surface area (Å²) < 4.78 is 23.5. The molecule has 1 heterocycles. The van der Waals surface area contributed by atoms with Gasteiger partial charge >= 0.3 is 5.69 Å². The summed E-state index contributed by atoms with van der Waals surface area (Å²) in [6.07, 6.45) is 4.17. The lowest BCUT2D eigenvalue weighted by molar-refractivity contribution is -0.385. The molecule has 16 heteroatoms. The fraction of sp³-hybridized carbons (Fsp3) is 0.392. The van der Waals surface area contributed by atoms with Crippen LogP contribution >= 0.6 is 0 Å². The molecule has 0 unspecified atom stereocenters. The van der Waals surface area contributed by atoms with Crippen LogP contribution in [0.4, 0.5) is 22.7 Å². The third-order valence-corrected chi connectivity index (χ3v) is 10.7. The molecule has 1 aromatic heterocycles. The van der Waals surface area contributed by atoms with Crippen LogP contribution in [-0.2, 0) is 9.53 Å². The van der Waals surface area contributed by atoms with E-state index in [1.54, 1.807) is 30.5 Å². The molecule has 1 fully saturated rings. The highest BCUT2D eigenvalue weighted by Crippen LogP contribution is 2.33. The van der Waals surface area contributed by atoms with Crippen molar-refractivity contribution in [3.8, 4) is 17.2 Å². The molecule has 0 spiro atoms. The van der Waals surface area contributed by atoms with Crippen molar-refractivity contribution >= 4 is 57.3 Å². The molecule has 0 aliphatic heterocycles. The maximum Gasteiger partial charge on any atom is 0.310 e. The number of amides is 4. The van der Waals surface area contributed by atoms with E-state index in [1.807, 2.05) is 78.8 Å². The lowest BCUT2D eigenvalue weighted by Gasteiger charge is -2.28. The van der Waals surface area contributed by atoms with Gasteiger partial charge in [0.05, 0.1) is 59.1 Å². The van der Waals surface area contributed by atoms with Crippen LogP contribution in [0.25, 0.3) is 10.9 Å². The molecule has 67 heavy (non-hydrogen) atoms. The molecule has 1 saturated carbocycles. The third-order valence-electron chi connectivity index (χ3n) is 10.7. The summed E-state index contributed by atoms with van der Waals surface area (Å²) >= 11 is 0. The van der Waals surface area contributed by atoms with Crippen LogP contribution in [0.3, 0.4) is 0 Å². The number of rotatable bonds is 19. The molecular formula is C51H60N6O10. The van der Waals surface area contributed by atoms with Gasteiger partial charge in [0.1, 0.15) is 18.1 Å². The van der Waals surface area contributed by atoms with E-state index in [9.17, 15) is 29.3 Å². The summed E-state index contributed by atoms with van der Waals surface area (Å²) in [6, 6.07) is 22.8. The minimum Gasteiger partial charge on any atom is -0.491 e. The van der Waals surface area contributed by atoms with Gasteiger partial charge in [-0.25, -0.2) is 0 Å². The van der Waals surface area contributed by atoms with Crippen molar-refractivity contribution in [2.24, 2.45) is 17.8 Å². The zero-order valence-electron chi connectivity index (χ0n) is 39.1. The Hall–Kier alpha value is -7.07. The van der Waals surface area contributed by atoms with E-state index in [4.69, 9.17) is 18.9 Å². The average Bonchev–Trinajstić information content (AvgIpc) is 3.29. The third kappa shape index (κ3) is 14.2. The number of aromatic nitrogens is 1. The first kappa shape index (κ1) is 49.4. The quantitative estimate of drug-likeness (QED) is 0.0348. The predicted octanol–water partition coefficient (Wildman–Crippen LogP) is 9.84. The van der Waals surface area contributed by atoms with Gasteiger partial charge in [0.15, 0.2) is 5.75 Å². The highest BCUT2D eigenvalue weighted by Gasteiger charge is 2.28. The Morgan fingerprint density at radius 2 is 1.24 bits per heavy atom. The van der Waals surface area contributed by atoms with Crippen molar-refractivity contribution in [2.45, 2.75) is 85.8 Å². The molecule has 4 N–H and O–H groups in total. The summed E-state index contributed by atoms with van der Waals surface area (Å²) in [5.74, 6) is -0.916. The van der Waals surface area contributed by atoms with Gasteiger partial charge in [-0.1, -0.05) is 45.9 Å². The van der Waals surface area contributed by atoms with Crippen LogP contribution in [0, 0.1) is 27.9 Å². The summed E-state index contributed by atoms with van der Waals surface area (Å²) in [7, 11) is 0. The van der Waals surface area contributed by atoms with Crippen molar-refractivity contribution in [1.82, 2.24) is 10.3 Å². The molecule has 0 saturated heterocycles. The molecule has 5 aromatic rings. The van der Waals surface area contributed by atoms with E-state index >= 15 is 0 Å². The number of nitrogens with zero attached hydrogens (tertiary/aromatic N) is 2. The molecule has 16 nitrogen and oxygen atoms in total. The number of pyridine rings is 1. The van der Waals surface area contributed by atoms with Gasteiger partial charge < -0.3 is 40.2 Å². The summed E-state index contributed by atoms with van der Waals surface area (Å²) in [4.78, 5) is 69.7. The molecule has 0 radical (unpaired) electrons. The van der Waals surface area contributed by atoms with E-state index in [-0.39, 0.29) is 89.4 Å². The number of hydrogen-bond donors (Lipinski definition) is 4. The number of anilines is 3. The largest absolute Gasteiger partial charge is 0.491 e. The Bertz CT molecular complexity index is 2580. The second kappa shape index (κ2) is 22.4. The lowest BCUT2D eigenvalue weighted by Crippen LogP contribution is -2.39. The highest BCUT2D eigenvalue weighted by molar-refractivity contribution is 6.08. The zero-order valence-corrected chi connectivity index (χ0v) is 39.1. The first-order valence-corrected chi connectivity index (χ1v) is 22.6. The maximum absolute atomic E-state index is 13.8. The number of nitrogens with one attached hydrogen (secondary N) is 4. The molecule has 354 valence electrons. The van der Waals surface area contributed by atoms with Crippen LogP contribution in [0.15, 0.2) is 91.1 Å². The molecular weight excluding hydrogens is 857 g/mol. The van der Waals surface area contributed by atoms with E-state index < -0.39 is 22.3 Å². The lowest BCUT2D eigenvalue weighted by atomic mass is 9.85. The number of hydrogen-bond acceptors (Lipinski definition) is 11. The van der Waals surface area contributed by atoms with Crippen LogP contribution in [-0.4, -0.2) is 71.6 Å². The monoisotopic (exact) mass is 916 g/mol. The van der Waals surface area contributed by atoms with Gasteiger partial charge in [-0.05, 0) is 113 Å². The van der Waals surface area contributed by atoms with E-state index in [0.29, 0.717) is 55.0 Å². The highest BCUT2D eigenvalue weighted by atomic mass is 16.6. The van der Waals surface area contributed by atoms with Crippen molar-refractivity contribution in [3.05, 3.63) is 118 Å². The minimum absolute atomic E-state index is 0.0302. The molecule has 4 amide bonds. The van der Waals surface area contributed by atoms with Gasteiger partial charge in [0, 0.05) is 46.2 Å². The normalized spacial score (nSPS) is 14.9. The molecule has 1 aliphatic rings. The van der Waals surface area contributed by atoms with Crippen molar-refractivity contribution in [2.75, 3.05) is 42.4 Å². The number of nitro benzene ring substituents is 1. The van der Waals surface area contributed by atoms with Crippen molar-refractivity contribution in [3.63, 3.8) is 0 Å². The molecule has 0 atom stereocenters. The van der Waals surface area contributed by atoms with Gasteiger partial charge in [0.25, 0.3) is 17.7 Å². The van der Waals surface area contributed by atoms with Crippen LogP contribution in [0.2, 0.25) is 0 Å². The standard InChI is InChI=1S/C51H60N6O10/c1-31(2)29-65-44-25-35(48(59)53-38-17-12-33(13-18-38)47(58)54-39-24-34-10-8-9-11-40(34)52-28-39)14-19-41(44)55-49(60)36-15-20-42(45(26-36)66-30-32(3)4)56-50(61)37-16-21-43(57(62)63)46(27-37)64-22-23-67-51(5,6)7/h8-11,14-16,19-21,24-28,31-33,38H,12-13,17-18,22-23,29-30H2,1-7H3,(H,53,59)(H,54,58)(H,55,60)(H,56,61). The molecule has 0 bridgehead atoms. The minimum atomic E-state index is -0.585. The Kier molecular flexibility index (Phi) is 16.5. The first-order valence-electron chi connectivity index (χ1n) is 22.6. The number of benzene rings is 4. The summed E-state index contributed by atoms with van der Waals surface area (Å²) in [6.45, 7) is 14.3. The topological polar surface area (TPSA) is 209 Å². The smallest absolute Gasteiger partial charge is 0.310 e. The zero-order chi connectivity index (χ0) is 48.3. The Labute approximate surface area is 390 Å². The van der Waals surface area contributed by atoms with Gasteiger partial charge in [-0.3, -0.25) is 34.3 Å². The SMILES string of the molecule is CC(C)COc1cc(C(=O)Nc2ccc(C(=O)NC3CCC(C(=O)Nc4cnc5ccccc5c4)CC3)cc2OCC(C)C)ccc1NC(=O)c1ccc([N+](=O)[O-])c(OCCOC(C)(C)C)c1. The van der Waals surface area contributed by atoms with Gasteiger partial charge in [-0.2, -0.15) is 0 Å². The summed E-state index contributed by atoms with van der Waals surface area (Å²) in [5, 5.41) is 24.5. The van der Waals surface area contributed by atoms with Crippen LogP contribution in [0.1, 0.15) is 105 Å². The van der Waals surface area contributed by atoms with Crippen LogP contribution < -0.4 is 35.5 Å². The Morgan fingerprint density at radius 1 is 0.687 bits per heavy atom. The Morgan fingerprint density at radius 3 is 1.81 bits per heavy atom.